The third kappa shape index (κ3) is 5.31. The second kappa shape index (κ2) is 9.00. The van der Waals surface area contributed by atoms with E-state index >= 15 is 0 Å². The highest BCUT2D eigenvalue weighted by Gasteiger charge is 2.25. The van der Waals surface area contributed by atoms with Crippen molar-refractivity contribution in [3.8, 4) is 0 Å². The van der Waals surface area contributed by atoms with E-state index in [4.69, 9.17) is 4.74 Å². The summed E-state index contributed by atoms with van der Waals surface area (Å²) in [7, 11) is 1.84. The third-order valence-corrected chi connectivity index (χ3v) is 3.69. The molecule has 0 heterocycles. The second-order valence-corrected chi connectivity index (χ2v) is 5.03. The second-order valence-electron chi connectivity index (χ2n) is 5.03. The first-order valence-electron chi connectivity index (χ1n) is 7.14. The highest BCUT2D eigenvalue weighted by molar-refractivity contribution is 4.83. The number of ether oxygens (including phenoxy) is 1. The van der Waals surface area contributed by atoms with Gasteiger partial charge < -0.3 is 10.1 Å². The van der Waals surface area contributed by atoms with Crippen LogP contribution >= 0.6 is 0 Å². The molecule has 0 radical (unpaired) electrons. The van der Waals surface area contributed by atoms with Crippen molar-refractivity contribution in [2.24, 2.45) is 0 Å². The molecule has 2 unspecified atom stereocenters. The Kier molecular flexibility index (Phi) is 7.87. The Morgan fingerprint density at radius 3 is 2.56 bits per heavy atom. The minimum absolute atomic E-state index is 0.472. The van der Waals surface area contributed by atoms with Crippen molar-refractivity contribution in [3.63, 3.8) is 0 Å². The predicted octanol–water partition coefficient (Wildman–Crippen LogP) is 3.50. The minimum atomic E-state index is 0.472. The van der Waals surface area contributed by atoms with Gasteiger partial charge in [-0.25, -0.2) is 0 Å². The summed E-state index contributed by atoms with van der Waals surface area (Å²) in [6, 6.07) is 0.626. The Morgan fingerprint density at radius 1 is 1.06 bits per heavy atom. The number of rotatable bonds is 9. The molecule has 1 aliphatic rings. The van der Waals surface area contributed by atoms with Gasteiger partial charge in [0.15, 0.2) is 0 Å². The number of hydrogen-bond donors (Lipinski definition) is 1. The maximum atomic E-state index is 5.47. The smallest absolute Gasteiger partial charge is 0.0724 e. The van der Waals surface area contributed by atoms with E-state index in [2.05, 4.69) is 12.2 Å². The summed E-state index contributed by atoms with van der Waals surface area (Å²) in [5, 5.41) is 3.65. The zero-order valence-corrected chi connectivity index (χ0v) is 11.1. The summed E-state index contributed by atoms with van der Waals surface area (Å²) in [6.07, 6.45) is 12.6. The van der Waals surface area contributed by atoms with Gasteiger partial charge >= 0.3 is 0 Å². The van der Waals surface area contributed by atoms with E-state index < -0.39 is 0 Å². The predicted molar refractivity (Wildman–Crippen MR) is 69.8 cm³/mol. The SMILES string of the molecule is CCCCCCCCNC1CCCC1OC. The summed E-state index contributed by atoms with van der Waals surface area (Å²) in [5.74, 6) is 0. The zero-order valence-electron chi connectivity index (χ0n) is 11.1. The Labute approximate surface area is 101 Å². The number of unbranched alkanes of at least 4 members (excludes halogenated alkanes) is 5. The molecular weight excluding hydrogens is 198 g/mol. The maximum absolute atomic E-state index is 5.47. The molecule has 0 bridgehead atoms. The standard InChI is InChI=1S/C14H29NO/c1-3-4-5-6-7-8-12-15-13-10-9-11-14(13)16-2/h13-15H,3-12H2,1-2H3. The average molecular weight is 227 g/mol. The van der Waals surface area contributed by atoms with E-state index in [0.717, 1.165) is 0 Å². The quantitative estimate of drug-likeness (QED) is 0.609. The van der Waals surface area contributed by atoms with Crippen molar-refractivity contribution < 1.29 is 4.74 Å². The van der Waals surface area contributed by atoms with Gasteiger partial charge in [0.2, 0.25) is 0 Å². The molecule has 0 amide bonds. The first-order chi connectivity index (χ1) is 7.88. The molecule has 2 heteroatoms. The molecule has 16 heavy (non-hydrogen) atoms. The summed E-state index contributed by atoms with van der Waals surface area (Å²) in [5.41, 5.74) is 0. The lowest BCUT2D eigenvalue weighted by molar-refractivity contribution is 0.0852. The summed E-state index contributed by atoms with van der Waals surface area (Å²) in [6.45, 7) is 3.45. The Balaban J connectivity index is 1.90. The van der Waals surface area contributed by atoms with Crippen molar-refractivity contribution in [1.29, 1.82) is 0 Å². The lowest BCUT2D eigenvalue weighted by Gasteiger charge is -2.19. The monoisotopic (exact) mass is 227 g/mol. The topological polar surface area (TPSA) is 21.3 Å². The summed E-state index contributed by atoms with van der Waals surface area (Å²) in [4.78, 5) is 0. The average Bonchev–Trinajstić information content (AvgIpc) is 2.75. The number of nitrogens with one attached hydrogen (secondary N) is 1. The van der Waals surface area contributed by atoms with Gasteiger partial charge in [0.1, 0.15) is 0 Å². The number of methoxy groups -OCH3 is 1. The first kappa shape index (κ1) is 14.0. The van der Waals surface area contributed by atoms with Crippen molar-refractivity contribution in [3.05, 3.63) is 0 Å². The molecular formula is C14H29NO. The van der Waals surface area contributed by atoms with Crippen LogP contribution in [0.2, 0.25) is 0 Å². The lowest BCUT2D eigenvalue weighted by Crippen LogP contribution is -2.37. The van der Waals surface area contributed by atoms with E-state index in [0.29, 0.717) is 12.1 Å². The molecule has 0 aromatic rings. The fourth-order valence-electron chi connectivity index (χ4n) is 2.63. The van der Waals surface area contributed by atoms with Crippen molar-refractivity contribution in [2.45, 2.75) is 76.9 Å². The van der Waals surface area contributed by atoms with Crippen LogP contribution in [0.4, 0.5) is 0 Å². The molecule has 1 rings (SSSR count). The van der Waals surface area contributed by atoms with Crippen LogP contribution in [0.1, 0.15) is 64.7 Å². The highest BCUT2D eigenvalue weighted by atomic mass is 16.5. The van der Waals surface area contributed by atoms with E-state index in [9.17, 15) is 0 Å². The van der Waals surface area contributed by atoms with E-state index in [1.165, 1.54) is 64.3 Å². The normalized spacial score (nSPS) is 25.1. The molecule has 96 valence electrons. The van der Waals surface area contributed by atoms with Crippen LogP contribution in [0.25, 0.3) is 0 Å². The minimum Gasteiger partial charge on any atom is -0.380 e. The van der Waals surface area contributed by atoms with Crippen LogP contribution in [0.5, 0.6) is 0 Å². The van der Waals surface area contributed by atoms with Gasteiger partial charge in [0, 0.05) is 13.2 Å². The van der Waals surface area contributed by atoms with Crippen molar-refractivity contribution >= 4 is 0 Å². The lowest BCUT2D eigenvalue weighted by atomic mass is 10.1. The fraction of sp³-hybridized carbons (Fsp3) is 1.00. The molecule has 1 aliphatic carbocycles. The van der Waals surface area contributed by atoms with E-state index in [1.54, 1.807) is 0 Å². The van der Waals surface area contributed by atoms with Gasteiger partial charge in [-0.2, -0.15) is 0 Å². The van der Waals surface area contributed by atoms with Gasteiger partial charge in [-0.15, -0.1) is 0 Å². The van der Waals surface area contributed by atoms with Crippen LogP contribution in [0.3, 0.4) is 0 Å². The maximum Gasteiger partial charge on any atom is 0.0724 e. The van der Waals surface area contributed by atoms with Crippen molar-refractivity contribution in [2.75, 3.05) is 13.7 Å². The number of hydrogen-bond acceptors (Lipinski definition) is 2. The van der Waals surface area contributed by atoms with Crippen LogP contribution in [0, 0.1) is 0 Å². The van der Waals surface area contributed by atoms with Gasteiger partial charge in [-0.3, -0.25) is 0 Å². The summed E-state index contributed by atoms with van der Waals surface area (Å²) >= 11 is 0. The Hall–Kier alpha value is -0.0800. The largest absolute Gasteiger partial charge is 0.380 e. The molecule has 1 N–H and O–H groups in total. The molecule has 0 aromatic carbocycles. The Bertz CT molecular complexity index is 161. The Morgan fingerprint density at radius 2 is 1.81 bits per heavy atom. The molecule has 0 saturated heterocycles. The van der Waals surface area contributed by atoms with Crippen LogP contribution in [-0.2, 0) is 4.74 Å². The molecule has 0 aliphatic heterocycles. The van der Waals surface area contributed by atoms with Gasteiger partial charge in [-0.05, 0) is 32.2 Å². The van der Waals surface area contributed by atoms with E-state index in [-0.39, 0.29) is 0 Å². The van der Waals surface area contributed by atoms with Crippen LogP contribution < -0.4 is 5.32 Å². The molecule has 0 spiro atoms. The van der Waals surface area contributed by atoms with Gasteiger partial charge in [-0.1, -0.05) is 39.0 Å². The third-order valence-electron chi connectivity index (χ3n) is 3.69. The van der Waals surface area contributed by atoms with Crippen LogP contribution in [-0.4, -0.2) is 25.8 Å². The van der Waals surface area contributed by atoms with Gasteiger partial charge in [0.05, 0.1) is 6.10 Å². The van der Waals surface area contributed by atoms with Crippen molar-refractivity contribution in [1.82, 2.24) is 5.32 Å². The molecule has 1 saturated carbocycles. The highest BCUT2D eigenvalue weighted by Crippen LogP contribution is 2.21. The molecule has 1 fully saturated rings. The molecule has 0 aromatic heterocycles. The van der Waals surface area contributed by atoms with Crippen LogP contribution in [0.15, 0.2) is 0 Å². The van der Waals surface area contributed by atoms with Gasteiger partial charge in [0.25, 0.3) is 0 Å². The zero-order chi connectivity index (χ0) is 11.6. The molecule has 2 atom stereocenters. The summed E-state index contributed by atoms with van der Waals surface area (Å²) < 4.78 is 5.47. The van der Waals surface area contributed by atoms with E-state index in [1.807, 2.05) is 7.11 Å². The molecule has 2 nitrogen and oxygen atoms in total. The first-order valence-corrected chi connectivity index (χ1v) is 7.14. The fourth-order valence-corrected chi connectivity index (χ4v) is 2.63.